The fraction of sp³-hybridized carbons (Fsp3) is 0.500. The zero-order chi connectivity index (χ0) is 13.1. The maximum Gasteiger partial charge on any atom is 0.215 e. The van der Waals surface area contributed by atoms with Crippen molar-refractivity contribution in [1.82, 2.24) is 4.72 Å². The molecular weight excluding hydrogens is 272 g/mol. The van der Waals surface area contributed by atoms with Gasteiger partial charge in [0.25, 0.3) is 0 Å². The lowest BCUT2D eigenvalue weighted by molar-refractivity contribution is 0.497. The third kappa shape index (κ3) is 6.96. The topological polar surface area (TPSA) is 72.2 Å². The zero-order valence-electron chi connectivity index (χ0n) is 10.9. The van der Waals surface area contributed by atoms with E-state index < -0.39 is 15.6 Å². The molecule has 1 aromatic carbocycles. The summed E-state index contributed by atoms with van der Waals surface area (Å²) in [5, 5.41) is 0. The summed E-state index contributed by atoms with van der Waals surface area (Å²) in [4.78, 5) is 0. The molecule has 0 spiro atoms. The van der Waals surface area contributed by atoms with Crippen LogP contribution in [-0.2, 0) is 15.8 Å². The minimum absolute atomic E-state index is 0. The van der Waals surface area contributed by atoms with Crippen LogP contribution in [-0.4, -0.2) is 20.5 Å². The van der Waals surface area contributed by atoms with Crippen LogP contribution in [0.25, 0.3) is 0 Å². The summed E-state index contributed by atoms with van der Waals surface area (Å²) >= 11 is 0. The van der Waals surface area contributed by atoms with E-state index in [2.05, 4.69) is 4.72 Å². The maximum atomic E-state index is 11.8. The predicted molar refractivity (Wildman–Crippen MR) is 77.3 cm³/mol. The van der Waals surface area contributed by atoms with Crippen LogP contribution in [0.1, 0.15) is 25.0 Å². The first kappa shape index (κ1) is 17.4. The van der Waals surface area contributed by atoms with Crippen molar-refractivity contribution in [2.24, 2.45) is 5.73 Å². The monoisotopic (exact) mass is 292 g/mol. The third-order valence-electron chi connectivity index (χ3n) is 2.19. The molecule has 0 aliphatic rings. The highest BCUT2D eigenvalue weighted by Crippen LogP contribution is 2.08. The van der Waals surface area contributed by atoms with Crippen molar-refractivity contribution in [3.05, 3.63) is 35.4 Å². The lowest BCUT2D eigenvalue weighted by Crippen LogP contribution is -2.45. The molecule has 3 N–H and O–H groups in total. The molecule has 18 heavy (non-hydrogen) atoms. The van der Waals surface area contributed by atoms with Gasteiger partial charge in [0.2, 0.25) is 10.0 Å². The van der Waals surface area contributed by atoms with Crippen molar-refractivity contribution in [2.75, 3.05) is 6.54 Å². The van der Waals surface area contributed by atoms with Crippen LogP contribution in [0.2, 0.25) is 0 Å². The van der Waals surface area contributed by atoms with Crippen molar-refractivity contribution >= 4 is 22.4 Å². The molecule has 6 heteroatoms. The summed E-state index contributed by atoms with van der Waals surface area (Å²) < 4.78 is 26.1. The highest BCUT2D eigenvalue weighted by molar-refractivity contribution is 7.88. The van der Waals surface area contributed by atoms with E-state index in [1.165, 1.54) is 0 Å². The normalized spacial score (nSPS) is 12.0. The lowest BCUT2D eigenvalue weighted by Gasteiger charge is -2.18. The Hall–Kier alpha value is -0.620. The number of nitrogens with one attached hydrogen (secondary N) is 1. The van der Waals surface area contributed by atoms with Crippen molar-refractivity contribution in [3.8, 4) is 0 Å². The van der Waals surface area contributed by atoms with Crippen LogP contribution < -0.4 is 10.5 Å². The Balaban J connectivity index is 0.00000289. The first-order valence-corrected chi connectivity index (χ1v) is 7.15. The summed E-state index contributed by atoms with van der Waals surface area (Å²) in [6.45, 7) is 5.73. The molecule has 0 radical (unpaired) electrons. The molecule has 0 amide bonds. The van der Waals surface area contributed by atoms with Gasteiger partial charge in [-0.2, -0.15) is 0 Å². The van der Waals surface area contributed by atoms with Crippen molar-refractivity contribution in [2.45, 2.75) is 32.1 Å². The molecule has 0 fully saturated rings. The van der Waals surface area contributed by atoms with Crippen LogP contribution in [0, 0.1) is 6.92 Å². The van der Waals surface area contributed by atoms with E-state index in [-0.39, 0.29) is 24.7 Å². The Kier molecular flexibility index (Phi) is 6.29. The molecule has 4 nitrogen and oxygen atoms in total. The van der Waals surface area contributed by atoms with Crippen molar-refractivity contribution in [1.29, 1.82) is 0 Å². The molecule has 104 valence electrons. The first-order chi connectivity index (χ1) is 7.68. The van der Waals surface area contributed by atoms with E-state index in [0.717, 1.165) is 11.1 Å². The van der Waals surface area contributed by atoms with Gasteiger partial charge in [-0.15, -0.1) is 12.4 Å². The second kappa shape index (κ2) is 6.52. The average Bonchev–Trinajstić information content (AvgIpc) is 2.13. The molecular formula is C12H21ClN2O2S. The van der Waals surface area contributed by atoms with Crippen LogP contribution >= 0.6 is 12.4 Å². The summed E-state index contributed by atoms with van der Waals surface area (Å²) in [6, 6.07) is 7.46. The minimum atomic E-state index is -3.31. The van der Waals surface area contributed by atoms with E-state index in [1.54, 1.807) is 19.9 Å². The van der Waals surface area contributed by atoms with Crippen LogP contribution in [0.15, 0.2) is 24.3 Å². The standard InChI is InChI=1S/C12H20N2O2S.ClH/c1-10-5-4-6-11(7-10)8-17(15,16)14-9-12(2,3)13;/h4-7,14H,8-9,13H2,1-3H3;1H. The largest absolute Gasteiger partial charge is 0.324 e. The molecule has 1 rings (SSSR count). The number of sulfonamides is 1. The number of nitrogens with two attached hydrogens (primary N) is 1. The van der Waals surface area contributed by atoms with Gasteiger partial charge in [-0.25, -0.2) is 13.1 Å². The van der Waals surface area contributed by atoms with Gasteiger partial charge in [0, 0.05) is 12.1 Å². The Labute approximate surface area is 115 Å². The molecule has 0 atom stereocenters. The molecule has 0 saturated heterocycles. The van der Waals surface area contributed by atoms with Crippen molar-refractivity contribution in [3.63, 3.8) is 0 Å². The van der Waals surface area contributed by atoms with Gasteiger partial charge in [0.1, 0.15) is 0 Å². The molecule has 0 bridgehead atoms. The van der Waals surface area contributed by atoms with Crippen molar-refractivity contribution < 1.29 is 8.42 Å². The second-order valence-corrected chi connectivity index (χ2v) is 6.86. The molecule has 0 aliphatic carbocycles. The van der Waals surface area contributed by atoms with Crippen LogP contribution in [0.3, 0.4) is 0 Å². The van der Waals surface area contributed by atoms with Gasteiger partial charge in [0.05, 0.1) is 5.75 Å². The maximum absolute atomic E-state index is 11.8. The summed E-state index contributed by atoms with van der Waals surface area (Å²) in [6.07, 6.45) is 0. The Morgan fingerprint density at radius 2 is 1.94 bits per heavy atom. The molecule has 0 unspecified atom stereocenters. The van der Waals surface area contributed by atoms with Gasteiger partial charge in [-0.3, -0.25) is 0 Å². The molecule has 1 aromatic rings. The van der Waals surface area contributed by atoms with Crippen LogP contribution in [0.4, 0.5) is 0 Å². The van der Waals surface area contributed by atoms with Gasteiger partial charge < -0.3 is 5.73 Å². The number of hydrogen-bond acceptors (Lipinski definition) is 3. The minimum Gasteiger partial charge on any atom is -0.324 e. The van der Waals surface area contributed by atoms with E-state index in [4.69, 9.17) is 5.73 Å². The quantitative estimate of drug-likeness (QED) is 0.865. The number of hydrogen-bond donors (Lipinski definition) is 2. The Morgan fingerprint density at radius 3 is 2.44 bits per heavy atom. The van der Waals surface area contributed by atoms with E-state index in [1.807, 2.05) is 25.1 Å². The summed E-state index contributed by atoms with van der Waals surface area (Å²) in [7, 11) is -3.31. The summed E-state index contributed by atoms with van der Waals surface area (Å²) in [5.74, 6) is -0.00917. The van der Waals surface area contributed by atoms with Gasteiger partial charge in [-0.05, 0) is 26.3 Å². The average molecular weight is 293 g/mol. The number of aryl methyl sites for hydroxylation is 1. The molecule has 0 aromatic heterocycles. The Bertz CT molecular complexity index is 481. The van der Waals surface area contributed by atoms with E-state index in [0.29, 0.717) is 0 Å². The van der Waals surface area contributed by atoms with Crippen LogP contribution in [0.5, 0.6) is 0 Å². The molecule has 0 aliphatic heterocycles. The van der Waals surface area contributed by atoms with Gasteiger partial charge >= 0.3 is 0 Å². The zero-order valence-corrected chi connectivity index (χ0v) is 12.6. The lowest BCUT2D eigenvalue weighted by atomic mass is 10.1. The highest BCUT2D eigenvalue weighted by atomic mass is 35.5. The first-order valence-electron chi connectivity index (χ1n) is 5.50. The number of benzene rings is 1. The molecule has 0 saturated carbocycles. The molecule has 0 heterocycles. The summed E-state index contributed by atoms with van der Waals surface area (Å²) in [5.41, 5.74) is 7.03. The highest BCUT2D eigenvalue weighted by Gasteiger charge is 2.17. The van der Waals surface area contributed by atoms with E-state index in [9.17, 15) is 8.42 Å². The second-order valence-electron chi connectivity index (χ2n) is 5.06. The SMILES string of the molecule is Cc1cccc(CS(=O)(=O)NCC(C)(C)N)c1.Cl. The number of halogens is 1. The fourth-order valence-corrected chi connectivity index (χ4v) is 2.68. The third-order valence-corrected chi connectivity index (χ3v) is 3.48. The fourth-order valence-electron chi connectivity index (χ4n) is 1.37. The van der Waals surface area contributed by atoms with Gasteiger partial charge in [-0.1, -0.05) is 29.8 Å². The predicted octanol–water partition coefficient (Wildman–Crippen LogP) is 1.57. The van der Waals surface area contributed by atoms with E-state index >= 15 is 0 Å². The smallest absolute Gasteiger partial charge is 0.215 e. The Morgan fingerprint density at radius 1 is 1.33 bits per heavy atom. The van der Waals surface area contributed by atoms with Gasteiger partial charge in [0.15, 0.2) is 0 Å². The number of rotatable bonds is 5.